The number of rotatable bonds is 6. The molecule has 1 aromatic carbocycles. The van der Waals surface area contributed by atoms with Crippen LogP contribution in [-0.2, 0) is 24.0 Å². The van der Waals surface area contributed by atoms with Gasteiger partial charge >= 0.3 is 23.8 Å². The van der Waals surface area contributed by atoms with E-state index in [-0.39, 0.29) is 18.8 Å². The smallest absolute Gasteiger partial charge is 0.352 e. The van der Waals surface area contributed by atoms with Gasteiger partial charge < -0.3 is 20.6 Å². The minimum absolute atomic E-state index is 0.0214. The molecule has 4 rings (SSSR count). The van der Waals surface area contributed by atoms with E-state index in [4.69, 9.17) is 0 Å². The summed E-state index contributed by atoms with van der Waals surface area (Å²) in [4.78, 5) is 78.0. The summed E-state index contributed by atoms with van der Waals surface area (Å²) in [6.45, 7) is 2.22. The number of fused-ring (bicyclic) bond motifs is 1. The normalized spacial score (nSPS) is 22.6. The zero-order valence-electron chi connectivity index (χ0n) is 18.7. The maximum absolute atomic E-state index is 13.2. The molecule has 3 aliphatic heterocycles. The van der Waals surface area contributed by atoms with Crippen LogP contribution in [0, 0.1) is 0 Å². The Morgan fingerprint density at radius 3 is 2.49 bits per heavy atom. The molecule has 2 saturated heterocycles. The van der Waals surface area contributed by atoms with Crippen molar-refractivity contribution in [2.45, 2.75) is 24.4 Å². The average molecular weight is 502 g/mol. The van der Waals surface area contributed by atoms with E-state index in [1.165, 1.54) is 22.7 Å². The highest BCUT2D eigenvalue weighted by molar-refractivity contribution is 8.00. The van der Waals surface area contributed by atoms with Crippen molar-refractivity contribution in [3.63, 3.8) is 0 Å². The number of nitrogens with one attached hydrogen (secondary N) is 2. The third-order valence-corrected chi connectivity index (χ3v) is 7.15. The molecule has 0 radical (unpaired) electrons. The number of aliphatic carboxylic acids is 1. The number of likely N-dealkylation sites (N-methyl/N-ethyl adjacent to an activating group) is 1. The number of carbonyl (C=O) groups is 6. The molecule has 2 fully saturated rings. The lowest BCUT2D eigenvalue weighted by molar-refractivity contribution is -0.153. The highest BCUT2D eigenvalue weighted by Gasteiger charge is 2.53. The zero-order chi connectivity index (χ0) is 25.3. The first-order chi connectivity index (χ1) is 16.7. The highest BCUT2D eigenvalue weighted by atomic mass is 32.2. The van der Waals surface area contributed by atoms with Gasteiger partial charge in [-0.2, -0.15) is 0 Å². The molecule has 0 saturated carbocycles. The number of amides is 6. The van der Waals surface area contributed by atoms with Crippen molar-refractivity contribution in [2.75, 3.05) is 25.4 Å². The number of hydrogen-bond donors (Lipinski definition) is 3. The summed E-state index contributed by atoms with van der Waals surface area (Å²) >= 11 is 1.30. The van der Waals surface area contributed by atoms with Gasteiger partial charge in [0.15, 0.2) is 0 Å². The molecular weight excluding hydrogens is 478 g/mol. The van der Waals surface area contributed by atoms with Crippen LogP contribution in [0.2, 0.25) is 0 Å². The van der Waals surface area contributed by atoms with Crippen molar-refractivity contribution in [1.29, 1.82) is 0 Å². The summed E-state index contributed by atoms with van der Waals surface area (Å²) < 4.78 is 0. The molecule has 6 amide bonds. The van der Waals surface area contributed by atoms with Crippen LogP contribution in [0.5, 0.6) is 0 Å². The lowest BCUT2D eigenvalue weighted by Crippen LogP contribution is -2.70. The van der Waals surface area contributed by atoms with Gasteiger partial charge in [0.05, 0.1) is 0 Å². The number of carboxylic acid groups (broad SMARTS) is 1. The maximum Gasteiger partial charge on any atom is 0.352 e. The Bertz CT molecular complexity index is 1120. The third-order valence-electron chi connectivity index (χ3n) is 5.96. The number of hydrogen-bond acceptors (Lipinski definition) is 7. The molecule has 13 heteroatoms. The first-order valence-electron chi connectivity index (χ1n) is 10.9. The van der Waals surface area contributed by atoms with Crippen LogP contribution in [-0.4, -0.2) is 92.2 Å². The second-order valence-electron chi connectivity index (χ2n) is 7.95. The van der Waals surface area contributed by atoms with Crippen LogP contribution in [0.1, 0.15) is 18.5 Å². The molecule has 35 heavy (non-hydrogen) atoms. The van der Waals surface area contributed by atoms with E-state index in [9.17, 15) is 33.9 Å². The molecular formula is C22H23N5O7S. The predicted molar refractivity (Wildman–Crippen MR) is 122 cm³/mol. The van der Waals surface area contributed by atoms with Gasteiger partial charge in [-0.05, 0) is 18.6 Å². The number of nitrogens with zero attached hydrogens (tertiary/aromatic N) is 3. The maximum atomic E-state index is 13.2. The Morgan fingerprint density at radius 1 is 1.11 bits per heavy atom. The van der Waals surface area contributed by atoms with E-state index in [1.54, 1.807) is 37.3 Å². The molecule has 0 spiro atoms. The molecule has 1 aromatic rings. The van der Waals surface area contributed by atoms with E-state index < -0.39 is 53.1 Å². The van der Waals surface area contributed by atoms with Crippen LogP contribution < -0.4 is 10.6 Å². The van der Waals surface area contributed by atoms with Gasteiger partial charge in [-0.25, -0.2) is 9.59 Å². The Morgan fingerprint density at radius 2 is 1.83 bits per heavy atom. The van der Waals surface area contributed by atoms with E-state index in [1.807, 2.05) is 0 Å². The molecule has 3 N–H and O–H groups in total. The Balaban J connectivity index is 1.50. The lowest BCUT2D eigenvalue weighted by atomic mass is 10.0. The molecule has 3 atom stereocenters. The van der Waals surface area contributed by atoms with Crippen molar-refractivity contribution < 1.29 is 33.9 Å². The molecule has 12 nitrogen and oxygen atoms in total. The van der Waals surface area contributed by atoms with Gasteiger partial charge in [0.2, 0.25) is 5.91 Å². The van der Waals surface area contributed by atoms with Gasteiger partial charge in [-0.15, -0.1) is 11.8 Å². The van der Waals surface area contributed by atoms with E-state index in [0.717, 1.165) is 9.80 Å². The summed E-state index contributed by atoms with van der Waals surface area (Å²) in [5.41, 5.74) is 0.266. The summed E-state index contributed by atoms with van der Waals surface area (Å²) in [7, 11) is 0. The number of benzene rings is 1. The quantitative estimate of drug-likeness (QED) is 0.348. The van der Waals surface area contributed by atoms with Crippen LogP contribution in [0.3, 0.4) is 0 Å². The van der Waals surface area contributed by atoms with E-state index >= 15 is 0 Å². The van der Waals surface area contributed by atoms with Crippen LogP contribution >= 0.6 is 11.8 Å². The molecule has 0 bridgehead atoms. The van der Waals surface area contributed by atoms with Crippen LogP contribution in [0.15, 0.2) is 42.1 Å². The molecule has 184 valence electrons. The zero-order valence-corrected chi connectivity index (χ0v) is 19.5. The summed E-state index contributed by atoms with van der Waals surface area (Å²) in [5.74, 6) is -3.93. The summed E-state index contributed by atoms with van der Waals surface area (Å²) in [5, 5.41) is 13.8. The monoisotopic (exact) mass is 501 g/mol. The number of thioether (sulfide) groups is 1. The second-order valence-corrected chi connectivity index (χ2v) is 9.10. The second kappa shape index (κ2) is 9.78. The summed E-state index contributed by atoms with van der Waals surface area (Å²) in [6.07, 6.45) is 1.43. The van der Waals surface area contributed by atoms with Crippen molar-refractivity contribution >= 4 is 47.4 Å². The molecule has 2 unspecified atom stereocenters. The van der Waals surface area contributed by atoms with Gasteiger partial charge in [0.25, 0.3) is 5.91 Å². The van der Waals surface area contributed by atoms with Crippen LogP contribution in [0.4, 0.5) is 4.79 Å². The minimum Gasteiger partial charge on any atom is -0.477 e. The van der Waals surface area contributed by atoms with Gasteiger partial charge in [0, 0.05) is 25.4 Å². The molecule has 3 aliphatic rings. The SMILES string of the molecule is CCN1CCN(C(=O)NC(C(=O)NC2C(=O)N3C(C(=O)O)=CCS[C@@H]23)c2ccccc2)C(=O)C1=O. The Labute approximate surface area is 204 Å². The number of imide groups is 1. The van der Waals surface area contributed by atoms with Crippen molar-refractivity contribution in [3.8, 4) is 0 Å². The van der Waals surface area contributed by atoms with Crippen molar-refractivity contribution in [1.82, 2.24) is 25.3 Å². The molecule has 0 aliphatic carbocycles. The number of piperazine rings is 1. The number of urea groups is 1. The van der Waals surface area contributed by atoms with Crippen LogP contribution in [0.25, 0.3) is 0 Å². The van der Waals surface area contributed by atoms with E-state index in [2.05, 4.69) is 10.6 Å². The fourth-order valence-corrected chi connectivity index (χ4v) is 5.29. The lowest BCUT2D eigenvalue weighted by Gasteiger charge is -2.48. The topological polar surface area (TPSA) is 156 Å². The average Bonchev–Trinajstić information content (AvgIpc) is 2.86. The third kappa shape index (κ3) is 4.46. The van der Waals surface area contributed by atoms with Gasteiger partial charge in [-0.1, -0.05) is 30.3 Å². The first-order valence-corrected chi connectivity index (χ1v) is 11.9. The predicted octanol–water partition coefficient (Wildman–Crippen LogP) is -0.504. The number of carbonyl (C=O) groups excluding carboxylic acids is 5. The largest absolute Gasteiger partial charge is 0.477 e. The summed E-state index contributed by atoms with van der Waals surface area (Å²) in [6, 6.07) is 5.09. The van der Waals surface area contributed by atoms with Gasteiger partial charge in [-0.3, -0.25) is 29.0 Å². The Hall–Kier alpha value is -3.87. The highest BCUT2D eigenvalue weighted by Crippen LogP contribution is 2.37. The molecule has 3 heterocycles. The minimum atomic E-state index is -1.26. The standard InChI is InChI=1S/C22H23N5O7S/c1-2-25-9-10-26(19(31)18(25)30)22(34)24-14(12-6-4-3-5-7-12)16(28)23-15-17(29)27-13(21(32)33)8-11-35-20(15)27/h3-8,14-15,20H,2,9-11H2,1H3,(H,23,28)(H,24,34)(H,32,33)/t14?,15?,20-/m0/s1. The van der Waals surface area contributed by atoms with Crippen molar-refractivity contribution in [3.05, 3.63) is 47.7 Å². The van der Waals surface area contributed by atoms with E-state index in [0.29, 0.717) is 17.9 Å². The Kier molecular flexibility index (Phi) is 6.78. The van der Waals surface area contributed by atoms with Crippen molar-refractivity contribution in [2.24, 2.45) is 0 Å². The fourth-order valence-electron chi connectivity index (χ4n) is 4.09. The first kappa shape index (κ1) is 24.3. The number of β-lactam (4-membered cyclic amide) rings is 1. The molecule has 0 aromatic heterocycles. The van der Waals surface area contributed by atoms with Gasteiger partial charge in [0.1, 0.15) is 23.2 Å². The number of carboxylic acids is 1. The fraction of sp³-hybridized carbons (Fsp3) is 0.364.